The second-order valence-electron chi connectivity index (χ2n) is 17.8. The van der Waals surface area contributed by atoms with Crippen molar-refractivity contribution >= 4 is 102 Å². The van der Waals surface area contributed by atoms with Gasteiger partial charge in [-0.3, -0.25) is 0 Å². The SMILES string of the molecule is Fc1ccc(-n2c3ccccc3c3cc(N(c4ccc5c(c4)c4c[c]([Ge]([c]6ccccc6)([c]6ccccc6)[c]6ccccc6)ccc4n5-c4ccccc4)c4cccc5ccccc45)ccc32)cc1. The van der Waals surface area contributed by atoms with Gasteiger partial charge in [0.15, 0.2) is 0 Å². The minimum atomic E-state index is -3.65. The summed E-state index contributed by atoms with van der Waals surface area (Å²) < 4.78 is 24.5. The van der Waals surface area contributed by atoms with Crippen LogP contribution in [0.2, 0.25) is 0 Å². The Morgan fingerprint density at radius 2 is 0.739 bits per heavy atom. The Kier molecular flexibility index (Phi) is 9.88. The van der Waals surface area contributed by atoms with Crippen LogP contribution in [-0.2, 0) is 0 Å². The van der Waals surface area contributed by atoms with Crippen molar-refractivity contribution in [2.24, 2.45) is 0 Å². The minimum absolute atomic E-state index is 0.252. The number of rotatable bonds is 9. The Morgan fingerprint density at radius 3 is 1.33 bits per heavy atom. The Morgan fingerprint density at radius 1 is 0.304 bits per heavy atom. The summed E-state index contributed by atoms with van der Waals surface area (Å²) in [6, 6.07) is 96.2. The van der Waals surface area contributed by atoms with Crippen molar-refractivity contribution in [1.29, 1.82) is 0 Å². The summed E-state index contributed by atoms with van der Waals surface area (Å²) in [5.41, 5.74) is 9.66. The fraction of sp³-hybridized carbons (Fsp3) is 0. The molecule has 0 amide bonds. The maximum atomic E-state index is 14.3. The molecular formula is C64H44FGeN3. The molecule has 11 aromatic carbocycles. The number of anilines is 3. The molecule has 0 radical (unpaired) electrons. The van der Waals surface area contributed by atoms with Gasteiger partial charge >= 0.3 is 346 Å². The average Bonchev–Trinajstić information content (AvgIpc) is 3.92. The van der Waals surface area contributed by atoms with Gasteiger partial charge in [-0.15, -0.1) is 0 Å². The third-order valence-corrected chi connectivity index (χ3v) is 24.1. The molecule has 3 nitrogen and oxygen atoms in total. The fourth-order valence-electron chi connectivity index (χ4n) is 11.1. The molecule has 0 aliphatic rings. The third-order valence-electron chi connectivity index (χ3n) is 14.1. The number of hydrogen-bond acceptors (Lipinski definition) is 1. The molecule has 13 aromatic rings. The summed E-state index contributed by atoms with van der Waals surface area (Å²) in [6.07, 6.45) is 0. The Balaban J connectivity index is 1.10. The number of hydrogen-bond donors (Lipinski definition) is 0. The van der Waals surface area contributed by atoms with Gasteiger partial charge in [0, 0.05) is 5.69 Å². The van der Waals surface area contributed by atoms with E-state index in [1.165, 1.54) is 45.9 Å². The van der Waals surface area contributed by atoms with Crippen LogP contribution in [-0.4, -0.2) is 22.4 Å². The van der Waals surface area contributed by atoms with Crippen LogP contribution in [0.4, 0.5) is 21.5 Å². The van der Waals surface area contributed by atoms with E-state index >= 15 is 0 Å². The molecule has 0 spiro atoms. The van der Waals surface area contributed by atoms with Gasteiger partial charge in [-0.1, -0.05) is 12.1 Å². The molecule has 0 aliphatic heterocycles. The van der Waals surface area contributed by atoms with Gasteiger partial charge in [0.25, 0.3) is 0 Å². The average molecular weight is 947 g/mol. The van der Waals surface area contributed by atoms with Crippen molar-refractivity contribution in [3.63, 3.8) is 0 Å². The molecule has 0 atom stereocenters. The van der Waals surface area contributed by atoms with Gasteiger partial charge in [0.1, 0.15) is 5.82 Å². The predicted molar refractivity (Wildman–Crippen MR) is 291 cm³/mol. The molecule has 0 saturated heterocycles. The second-order valence-corrected chi connectivity index (χ2v) is 25.8. The first-order valence-corrected chi connectivity index (χ1v) is 27.7. The fourth-order valence-corrected chi connectivity index (χ4v) is 21.1. The van der Waals surface area contributed by atoms with E-state index in [0.29, 0.717) is 0 Å². The molecule has 0 bridgehead atoms. The van der Waals surface area contributed by atoms with Crippen LogP contribution < -0.4 is 22.5 Å². The molecule has 5 heteroatoms. The maximum Gasteiger partial charge on any atom is -0.0242 e. The van der Waals surface area contributed by atoms with Crippen LogP contribution in [0.5, 0.6) is 0 Å². The molecule has 0 fully saturated rings. The van der Waals surface area contributed by atoms with Crippen molar-refractivity contribution in [2.75, 3.05) is 4.90 Å². The van der Waals surface area contributed by atoms with Crippen LogP contribution >= 0.6 is 0 Å². The predicted octanol–water partition coefficient (Wildman–Crippen LogP) is 14.0. The van der Waals surface area contributed by atoms with E-state index in [4.69, 9.17) is 0 Å². The molecule has 0 N–H and O–H groups in total. The van der Waals surface area contributed by atoms with Crippen LogP contribution in [0.3, 0.4) is 0 Å². The number of para-hydroxylation sites is 2. The van der Waals surface area contributed by atoms with E-state index in [0.717, 1.165) is 66.7 Å². The van der Waals surface area contributed by atoms with E-state index in [9.17, 15) is 4.39 Å². The summed E-state index contributed by atoms with van der Waals surface area (Å²) in [7, 11) is 0. The summed E-state index contributed by atoms with van der Waals surface area (Å²) in [4.78, 5) is 2.43. The smallest absolute Gasteiger partial charge is 0.0242 e. The van der Waals surface area contributed by atoms with E-state index in [1.54, 1.807) is 0 Å². The monoisotopic (exact) mass is 947 g/mol. The first kappa shape index (κ1) is 40.8. The number of nitrogens with zero attached hydrogens (tertiary/aromatic N) is 3. The first-order valence-electron chi connectivity index (χ1n) is 23.5. The first-order chi connectivity index (χ1) is 34.1. The van der Waals surface area contributed by atoms with E-state index in [1.807, 2.05) is 12.1 Å². The minimum Gasteiger partial charge on any atom is -0.0351 e. The van der Waals surface area contributed by atoms with Gasteiger partial charge in [0.2, 0.25) is 0 Å². The summed E-state index contributed by atoms with van der Waals surface area (Å²) >= 11 is -3.65. The number of fused-ring (bicyclic) bond motifs is 7. The number of aromatic nitrogens is 2. The molecule has 2 aromatic heterocycles. The van der Waals surface area contributed by atoms with Gasteiger partial charge in [-0.05, 0) is 30.3 Å². The largest absolute Gasteiger partial charge is 0.0351 e. The molecular weight excluding hydrogens is 902 g/mol. The molecule has 0 aliphatic carbocycles. The van der Waals surface area contributed by atoms with E-state index in [-0.39, 0.29) is 5.82 Å². The quantitative estimate of drug-likeness (QED) is 0.131. The maximum absolute atomic E-state index is 14.3. The van der Waals surface area contributed by atoms with Gasteiger partial charge in [-0.2, -0.15) is 0 Å². The molecule has 326 valence electrons. The molecule has 69 heavy (non-hydrogen) atoms. The van der Waals surface area contributed by atoms with Crippen molar-refractivity contribution in [1.82, 2.24) is 9.13 Å². The van der Waals surface area contributed by atoms with Crippen molar-refractivity contribution in [3.8, 4) is 11.4 Å². The Hall–Kier alpha value is -8.45. The standard InChI is InChI=1S/C64H44FGeN3/c65-46-32-35-52(36-33-46)69-61-30-16-15-29-56(61)58-43-53(37-40-63(58)69)67(60-31-17-19-45-18-13-14-28-55(45)60)54-38-41-64-59(44-54)57-42-50(34-39-62(57)68(64)51-26-11-4-12-27-51)66(47-20-5-1-6-21-47,48-22-7-2-8-23-48)49-24-9-3-10-25-49/h1-44H. The Labute approximate surface area is 402 Å². The van der Waals surface area contributed by atoms with E-state index in [2.05, 4.69) is 257 Å². The van der Waals surface area contributed by atoms with Crippen LogP contribution in [0, 0.1) is 5.82 Å². The summed E-state index contributed by atoms with van der Waals surface area (Å²) in [5, 5.41) is 6.98. The van der Waals surface area contributed by atoms with Crippen molar-refractivity contribution in [3.05, 3.63) is 273 Å². The zero-order valence-corrected chi connectivity index (χ0v) is 39.7. The second kappa shape index (κ2) is 16.7. The molecule has 0 unspecified atom stereocenters. The van der Waals surface area contributed by atoms with Crippen LogP contribution in [0.25, 0.3) is 65.8 Å². The van der Waals surface area contributed by atoms with Gasteiger partial charge in [-0.25, -0.2) is 4.39 Å². The summed E-state index contributed by atoms with van der Waals surface area (Å²) in [6.45, 7) is 0. The molecule has 13 rings (SSSR count). The van der Waals surface area contributed by atoms with Crippen molar-refractivity contribution < 1.29 is 4.39 Å². The number of benzene rings is 11. The topological polar surface area (TPSA) is 13.1 Å². The number of halogens is 1. The third kappa shape index (κ3) is 6.63. The normalized spacial score (nSPS) is 11.8. The zero-order valence-electron chi connectivity index (χ0n) is 37.6. The van der Waals surface area contributed by atoms with Crippen LogP contribution in [0.1, 0.15) is 0 Å². The van der Waals surface area contributed by atoms with E-state index < -0.39 is 13.3 Å². The van der Waals surface area contributed by atoms with Gasteiger partial charge in [0.05, 0.1) is 0 Å². The molecule has 0 saturated carbocycles. The van der Waals surface area contributed by atoms with Crippen molar-refractivity contribution in [2.45, 2.75) is 0 Å². The summed E-state index contributed by atoms with van der Waals surface area (Å²) in [5.74, 6) is -0.252. The zero-order chi connectivity index (χ0) is 45.9. The van der Waals surface area contributed by atoms with Crippen LogP contribution in [0.15, 0.2) is 267 Å². The Bertz CT molecular complexity index is 3910. The molecule has 2 heterocycles. The van der Waals surface area contributed by atoms with Gasteiger partial charge < -0.3 is 0 Å².